The zero-order valence-corrected chi connectivity index (χ0v) is 50.2. The largest absolute Gasteiger partial charge is 0.458 e. The lowest BCUT2D eigenvalue weighted by molar-refractivity contribution is 0.443. The molecule has 11 nitrogen and oxygen atoms in total. The van der Waals surface area contributed by atoms with Crippen molar-refractivity contribution in [2.45, 2.75) is 0 Å². The lowest BCUT2D eigenvalue weighted by atomic mass is 9.30. The number of nitrogens with one attached hydrogen (secondary N) is 3. The maximum atomic E-state index is 7.41. The average molecular weight is 1200 g/mol. The van der Waals surface area contributed by atoms with Crippen molar-refractivity contribution in [3.63, 3.8) is 0 Å². The molecule has 6 aliphatic rings. The van der Waals surface area contributed by atoms with E-state index in [0.717, 1.165) is 151 Å². The van der Waals surface area contributed by atoms with Gasteiger partial charge in [0.25, 0.3) is 20.1 Å². The van der Waals surface area contributed by atoms with E-state index in [2.05, 4.69) is 193 Å². The predicted molar refractivity (Wildman–Crippen MR) is 378 cm³/mol. The van der Waals surface area contributed by atoms with Crippen LogP contribution in [0.25, 0.3) is 21.8 Å². The van der Waals surface area contributed by atoms with Crippen LogP contribution in [-0.4, -0.2) is 36.4 Å². The molecule has 14 aromatic rings. The van der Waals surface area contributed by atoms with E-state index in [-0.39, 0.29) is 20.1 Å². The normalized spacial score (nSPS) is 13.7. The van der Waals surface area contributed by atoms with Crippen LogP contribution in [0.5, 0.6) is 57.5 Å². The summed E-state index contributed by atoms with van der Waals surface area (Å²) in [6.07, 6.45) is 2.15. The van der Waals surface area contributed by atoms with Gasteiger partial charge in [-0.3, -0.25) is 4.31 Å². The van der Waals surface area contributed by atoms with Gasteiger partial charge < -0.3 is 48.8 Å². The standard InChI is InChI=1S/C77H49B3N6O5S/c1-92-86-63-44-68-58(42-56(63)80-72-65(37-51(38-66(72)86)88-48-27-13-5-14-28-48)85(46-23-9-3-10-24-46)75-54-32-18-20-34-60(54)83-77(75)80)78-57-41-55-61(43-67(57)90-69-39-52(40-70(91-68)73(69)78)89-49-29-15-6-16-30-49)81-62-35-50(87-47-25-11-4-12-26-47)36-64-71(62)79(55)76-74(53-31-17-19-33-59(53)82-76)84(64)45-21-7-2-8-22-45/h2-44,81-83H,1H3. The first-order valence-corrected chi connectivity index (χ1v) is 32.2. The van der Waals surface area contributed by atoms with Gasteiger partial charge in [-0.25, -0.2) is 0 Å². The zero-order chi connectivity index (χ0) is 60.3. The number of nitrogens with zero attached hydrogens (tertiary/aromatic N) is 3. The first-order valence-electron chi connectivity index (χ1n) is 31.0. The highest BCUT2D eigenvalue weighted by atomic mass is 32.2. The molecule has 15 heteroatoms. The average Bonchev–Trinajstić information content (AvgIpc) is 1.04. The van der Waals surface area contributed by atoms with Gasteiger partial charge >= 0.3 is 0 Å². The maximum Gasteiger partial charge on any atom is 0.272 e. The van der Waals surface area contributed by atoms with Crippen LogP contribution < -0.4 is 92.5 Å². The number of para-hydroxylation sites is 7. The van der Waals surface area contributed by atoms with Crippen molar-refractivity contribution in [1.82, 2.24) is 9.97 Å². The number of rotatable bonds is 9. The molecule has 92 heavy (non-hydrogen) atoms. The van der Waals surface area contributed by atoms with E-state index in [0.29, 0.717) is 28.7 Å². The van der Waals surface area contributed by atoms with Crippen LogP contribution in [0.2, 0.25) is 0 Å². The van der Waals surface area contributed by atoms with Crippen molar-refractivity contribution < 1.29 is 23.7 Å². The molecule has 6 aliphatic heterocycles. The summed E-state index contributed by atoms with van der Waals surface area (Å²) < 4.78 is 37.5. The van der Waals surface area contributed by atoms with Gasteiger partial charge in [-0.05, 0) is 118 Å². The van der Waals surface area contributed by atoms with Gasteiger partial charge in [-0.1, -0.05) is 140 Å². The summed E-state index contributed by atoms with van der Waals surface area (Å²) in [4.78, 5) is 12.9. The van der Waals surface area contributed by atoms with Crippen LogP contribution >= 0.6 is 11.9 Å². The van der Waals surface area contributed by atoms with Crippen molar-refractivity contribution in [3.05, 3.63) is 261 Å². The monoisotopic (exact) mass is 1200 g/mol. The molecule has 3 N–H and O–H groups in total. The summed E-state index contributed by atoms with van der Waals surface area (Å²) in [6, 6.07) is 90.9. The number of H-pyrrole nitrogens is 2. The Hall–Kier alpha value is -11.5. The van der Waals surface area contributed by atoms with Gasteiger partial charge in [0.15, 0.2) is 0 Å². The molecule has 0 saturated carbocycles. The molecule has 432 valence electrons. The molecule has 0 atom stereocenters. The molecule has 20 rings (SSSR count). The molecule has 0 bridgehead atoms. The first-order chi connectivity index (χ1) is 45.5. The third-order valence-electron chi connectivity index (χ3n) is 19.0. The minimum absolute atomic E-state index is 0.240. The minimum Gasteiger partial charge on any atom is -0.458 e. The number of hydrogen-bond donors (Lipinski definition) is 3. The molecule has 0 aliphatic carbocycles. The van der Waals surface area contributed by atoms with Gasteiger partial charge in [0.2, 0.25) is 0 Å². The Morgan fingerprint density at radius 3 is 1.34 bits per heavy atom. The second-order valence-corrected chi connectivity index (χ2v) is 24.8. The van der Waals surface area contributed by atoms with E-state index < -0.39 is 0 Å². The lowest BCUT2D eigenvalue weighted by Crippen LogP contribution is -2.65. The third kappa shape index (κ3) is 7.63. The molecular formula is C77H49B3N6O5S. The Bertz CT molecular complexity index is 5410. The van der Waals surface area contributed by atoms with Gasteiger partial charge in [0.05, 0.1) is 22.7 Å². The Kier molecular flexibility index (Phi) is 11.0. The van der Waals surface area contributed by atoms with Crippen molar-refractivity contribution in [2.24, 2.45) is 0 Å². The van der Waals surface area contributed by atoms with Crippen molar-refractivity contribution in [1.29, 1.82) is 0 Å². The molecule has 12 aromatic carbocycles. The van der Waals surface area contributed by atoms with Crippen molar-refractivity contribution in [2.75, 3.05) is 25.7 Å². The Morgan fingerprint density at radius 2 is 0.793 bits per heavy atom. The second-order valence-electron chi connectivity index (χ2n) is 24.1. The van der Waals surface area contributed by atoms with Crippen LogP contribution in [0, 0.1) is 0 Å². The van der Waals surface area contributed by atoms with Crippen LogP contribution in [-0.2, 0) is 0 Å². The highest BCUT2D eigenvalue weighted by Gasteiger charge is 2.50. The number of ether oxygens (including phenoxy) is 5. The van der Waals surface area contributed by atoms with Crippen molar-refractivity contribution in [3.8, 4) is 57.5 Å². The molecular weight excluding hydrogens is 1150 g/mol. The number of aromatic nitrogens is 2. The van der Waals surface area contributed by atoms with Crippen LogP contribution in [0.1, 0.15) is 0 Å². The minimum atomic E-state index is -0.347. The molecule has 0 fully saturated rings. The fraction of sp³-hybridized carbons (Fsp3) is 0.0130. The number of aromatic amines is 2. The highest BCUT2D eigenvalue weighted by Crippen LogP contribution is 2.51. The fourth-order valence-corrected chi connectivity index (χ4v) is 16.1. The first kappa shape index (κ1) is 51.4. The smallest absolute Gasteiger partial charge is 0.272 e. The molecule has 0 radical (unpaired) electrons. The van der Waals surface area contributed by atoms with Gasteiger partial charge in [0, 0.05) is 127 Å². The van der Waals surface area contributed by atoms with Gasteiger partial charge in [-0.2, -0.15) is 0 Å². The van der Waals surface area contributed by atoms with Crippen LogP contribution in [0.4, 0.5) is 56.9 Å². The number of anilines is 10. The maximum absolute atomic E-state index is 7.41. The van der Waals surface area contributed by atoms with Crippen LogP contribution in [0.3, 0.4) is 0 Å². The molecule has 0 saturated heterocycles. The molecule has 0 unspecified atom stereocenters. The SMILES string of the molecule is CSN1c2cc3c(cc2B2c4[nH]c5ccccc5c4N(c4ccccc4)c4cc(Oc5ccccc5)cc1c42)B1c2cc4c(cc2Oc2cc(Oc5ccccc5)cc(c21)O3)Nc1cc(Oc2ccccc2)cc2c1B4c1[nH]c3ccccc3c1N2c1ccccc1. The van der Waals surface area contributed by atoms with E-state index in [1.54, 1.807) is 11.9 Å². The Balaban J connectivity index is 0.823. The van der Waals surface area contributed by atoms with E-state index in [1.807, 2.05) is 103 Å². The quantitative estimate of drug-likeness (QED) is 0.0957. The molecule has 0 spiro atoms. The molecule has 2 aromatic heterocycles. The number of fused-ring (bicyclic) bond motifs is 16. The topological polar surface area (TPSA) is 99.5 Å². The summed E-state index contributed by atoms with van der Waals surface area (Å²) >= 11 is 1.67. The van der Waals surface area contributed by atoms with E-state index >= 15 is 0 Å². The fourth-order valence-electron chi connectivity index (χ4n) is 15.4. The second kappa shape index (κ2) is 19.7. The molecule has 0 amide bonds. The zero-order valence-electron chi connectivity index (χ0n) is 49.3. The van der Waals surface area contributed by atoms with Gasteiger partial charge in [0.1, 0.15) is 57.5 Å². The Morgan fingerprint density at radius 1 is 0.348 bits per heavy atom. The summed E-state index contributed by atoms with van der Waals surface area (Å²) in [5.41, 5.74) is 22.2. The number of hydrogen-bond acceptors (Lipinski definition) is 10. The lowest BCUT2D eigenvalue weighted by Gasteiger charge is -2.43. The van der Waals surface area contributed by atoms with Crippen LogP contribution in [0.15, 0.2) is 261 Å². The Labute approximate surface area is 534 Å². The van der Waals surface area contributed by atoms with E-state index in [1.165, 1.54) is 5.46 Å². The van der Waals surface area contributed by atoms with E-state index in [9.17, 15) is 0 Å². The number of benzene rings is 12. The third-order valence-corrected chi connectivity index (χ3v) is 19.7. The predicted octanol–water partition coefficient (Wildman–Crippen LogP) is 14.1. The summed E-state index contributed by atoms with van der Waals surface area (Å²) in [5.74, 6) is 7.09. The summed E-state index contributed by atoms with van der Waals surface area (Å²) in [5, 5.41) is 6.26. The summed E-state index contributed by atoms with van der Waals surface area (Å²) in [7, 11) is 0. The van der Waals surface area contributed by atoms with Gasteiger partial charge in [-0.15, -0.1) is 0 Å². The molecule has 8 heterocycles. The van der Waals surface area contributed by atoms with E-state index in [4.69, 9.17) is 23.7 Å². The highest BCUT2D eigenvalue weighted by molar-refractivity contribution is 8.00. The van der Waals surface area contributed by atoms with Crippen molar-refractivity contribution >= 4 is 160 Å². The summed E-state index contributed by atoms with van der Waals surface area (Å²) in [6.45, 7) is -0.830.